The molecular weight excluding hydrogens is 419 g/mol. The Morgan fingerprint density at radius 2 is 2.04 bits per heavy atom. The third-order valence-electron chi connectivity index (χ3n) is 5.05. The number of anilines is 1. The zero-order valence-corrected chi connectivity index (χ0v) is 15.8. The second-order valence-electron chi connectivity index (χ2n) is 6.74. The van der Waals surface area contributed by atoms with Crippen molar-refractivity contribution in [2.24, 2.45) is 5.92 Å². The highest BCUT2D eigenvalue weighted by Crippen LogP contribution is 2.58. The lowest BCUT2D eigenvalue weighted by Gasteiger charge is -2.33. The number of hydrogen-bond donors (Lipinski definition) is 1. The van der Waals surface area contributed by atoms with Crippen LogP contribution in [-0.2, 0) is 15.0 Å². The summed E-state index contributed by atoms with van der Waals surface area (Å²) in [5.41, 5.74) is 0.366. The number of carbonyl (C=O) groups is 3. The van der Waals surface area contributed by atoms with Crippen molar-refractivity contribution >= 4 is 39.6 Å². The predicted molar refractivity (Wildman–Crippen MR) is 96.3 cm³/mol. The molecule has 0 radical (unpaired) electrons. The lowest BCUT2D eigenvalue weighted by molar-refractivity contribution is -0.135. The Morgan fingerprint density at radius 3 is 2.67 bits per heavy atom. The zero-order chi connectivity index (χ0) is 19.3. The molecule has 1 saturated carbocycles. The van der Waals surface area contributed by atoms with Crippen molar-refractivity contribution in [3.8, 4) is 0 Å². The van der Waals surface area contributed by atoms with Crippen molar-refractivity contribution in [2.45, 2.75) is 18.8 Å². The van der Waals surface area contributed by atoms with E-state index < -0.39 is 29.6 Å². The Labute approximate surface area is 162 Å². The fraction of sp³-hybridized carbons (Fsp3) is 0.278. The summed E-state index contributed by atoms with van der Waals surface area (Å²) in [6.45, 7) is 1.49. The summed E-state index contributed by atoms with van der Waals surface area (Å²) in [4.78, 5) is 46.4. The highest BCUT2D eigenvalue weighted by atomic mass is 79.9. The monoisotopic (exact) mass is 432 g/mol. The van der Waals surface area contributed by atoms with Gasteiger partial charge in [-0.15, -0.1) is 0 Å². The molecule has 1 aliphatic carbocycles. The van der Waals surface area contributed by atoms with Gasteiger partial charge in [0.05, 0.1) is 17.8 Å². The molecule has 1 fully saturated rings. The van der Waals surface area contributed by atoms with Crippen LogP contribution in [0.5, 0.6) is 0 Å². The van der Waals surface area contributed by atoms with Crippen molar-refractivity contribution in [3.63, 3.8) is 0 Å². The third kappa shape index (κ3) is 2.82. The van der Waals surface area contributed by atoms with Crippen LogP contribution >= 0.6 is 15.9 Å². The van der Waals surface area contributed by atoms with Crippen molar-refractivity contribution in [3.05, 3.63) is 52.0 Å². The normalized spacial score (nSPS) is 23.4. The van der Waals surface area contributed by atoms with Crippen LogP contribution in [0.4, 0.5) is 10.3 Å². The van der Waals surface area contributed by atoms with Gasteiger partial charge in [0.25, 0.3) is 5.91 Å². The molecule has 3 amide bonds. The average Bonchev–Trinajstić information content (AvgIpc) is 3.31. The molecule has 7 nitrogen and oxygen atoms in total. The molecule has 1 aromatic carbocycles. The van der Waals surface area contributed by atoms with Crippen molar-refractivity contribution in [1.29, 1.82) is 0 Å². The summed E-state index contributed by atoms with van der Waals surface area (Å²) >= 11 is 3.39. The molecule has 138 valence electrons. The Balaban J connectivity index is 1.61. The quantitative estimate of drug-likeness (QED) is 0.750. The van der Waals surface area contributed by atoms with E-state index >= 15 is 0 Å². The molecule has 2 heterocycles. The highest BCUT2D eigenvalue weighted by Gasteiger charge is 2.64. The standard InChI is InChI=1S/C18H14BrFN4O3/c1-9-5-18(9)13-4-10(19)2-3-12(13)15(26)24(16(18)27)8-14(25)23-17-21-6-11(20)7-22-17/h2-4,6-7,9H,5,8H2,1H3,(H,21,22,23,25)/t9-,18-/m0/s1. The van der Waals surface area contributed by atoms with E-state index in [1.54, 1.807) is 18.2 Å². The Hall–Kier alpha value is -2.68. The molecule has 0 bridgehead atoms. The number of halogens is 2. The summed E-state index contributed by atoms with van der Waals surface area (Å²) in [5.74, 6) is -2.17. The fourth-order valence-electron chi connectivity index (χ4n) is 3.59. The number of rotatable bonds is 3. The van der Waals surface area contributed by atoms with E-state index in [0.29, 0.717) is 17.5 Å². The van der Waals surface area contributed by atoms with Gasteiger partial charge < -0.3 is 0 Å². The molecule has 2 aliphatic rings. The Morgan fingerprint density at radius 1 is 1.37 bits per heavy atom. The molecule has 1 aliphatic heterocycles. The Bertz CT molecular complexity index is 981. The SMILES string of the molecule is C[C@H]1C[C@]12C(=O)N(CC(=O)Nc1ncc(F)cn1)C(=O)c1ccc(Br)cc12. The van der Waals surface area contributed by atoms with Crippen LogP contribution in [0.3, 0.4) is 0 Å². The van der Waals surface area contributed by atoms with Crippen LogP contribution in [-0.4, -0.2) is 39.1 Å². The predicted octanol–water partition coefficient (Wildman–Crippen LogP) is 2.28. The van der Waals surface area contributed by atoms with Crippen molar-refractivity contribution in [2.75, 3.05) is 11.9 Å². The molecule has 27 heavy (non-hydrogen) atoms. The van der Waals surface area contributed by atoms with Crippen molar-refractivity contribution < 1.29 is 18.8 Å². The van der Waals surface area contributed by atoms with Crippen LogP contribution in [0, 0.1) is 11.7 Å². The van der Waals surface area contributed by atoms with E-state index in [-0.39, 0.29) is 17.8 Å². The maximum absolute atomic E-state index is 13.1. The minimum absolute atomic E-state index is 0.0807. The van der Waals surface area contributed by atoms with Gasteiger partial charge in [0.2, 0.25) is 17.8 Å². The van der Waals surface area contributed by atoms with Gasteiger partial charge in [-0.2, -0.15) is 0 Å². The van der Waals surface area contributed by atoms with Gasteiger partial charge in [0, 0.05) is 10.0 Å². The topological polar surface area (TPSA) is 92.3 Å². The minimum Gasteiger partial charge on any atom is -0.293 e. The van der Waals surface area contributed by atoms with Crippen LogP contribution in [0.15, 0.2) is 35.1 Å². The minimum atomic E-state index is -0.764. The van der Waals surface area contributed by atoms with Crippen LogP contribution in [0.2, 0.25) is 0 Å². The fourth-order valence-corrected chi connectivity index (χ4v) is 3.95. The van der Waals surface area contributed by atoms with Gasteiger partial charge in [-0.25, -0.2) is 14.4 Å². The molecule has 2 aromatic rings. The molecule has 9 heteroatoms. The van der Waals surface area contributed by atoms with Gasteiger partial charge in [-0.1, -0.05) is 22.9 Å². The summed E-state index contributed by atoms with van der Waals surface area (Å²) in [5, 5.41) is 2.37. The number of hydrogen-bond acceptors (Lipinski definition) is 5. The second kappa shape index (κ2) is 6.19. The summed E-state index contributed by atoms with van der Waals surface area (Å²) in [7, 11) is 0. The molecule has 1 N–H and O–H groups in total. The maximum atomic E-state index is 13.1. The number of nitrogens with zero attached hydrogens (tertiary/aromatic N) is 3. The smallest absolute Gasteiger partial charge is 0.261 e. The first-order valence-corrected chi connectivity index (χ1v) is 9.06. The number of fused-ring (bicyclic) bond motifs is 2. The Kier molecular flexibility index (Phi) is 4.06. The van der Waals surface area contributed by atoms with E-state index in [4.69, 9.17) is 0 Å². The molecule has 2 atom stereocenters. The molecule has 1 spiro atoms. The van der Waals surface area contributed by atoms with Crippen LogP contribution in [0.1, 0.15) is 29.3 Å². The van der Waals surface area contributed by atoms with E-state index in [0.717, 1.165) is 21.8 Å². The van der Waals surface area contributed by atoms with E-state index in [1.165, 1.54) is 0 Å². The van der Waals surface area contributed by atoms with Gasteiger partial charge in [0.15, 0.2) is 5.82 Å². The van der Waals surface area contributed by atoms with Crippen LogP contribution in [0.25, 0.3) is 0 Å². The van der Waals surface area contributed by atoms with Crippen LogP contribution < -0.4 is 5.32 Å². The van der Waals surface area contributed by atoms with Gasteiger partial charge in [-0.3, -0.25) is 24.6 Å². The number of imide groups is 1. The lowest BCUT2D eigenvalue weighted by Crippen LogP contribution is -2.51. The molecule has 0 saturated heterocycles. The molecule has 1 aromatic heterocycles. The highest BCUT2D eigenvalue weighted by molar-refractivity contribution is 9.10. The first-order chi connectivity index (χ1) is 12.8. The summed E-state index contributed by atoms with van der Waals surface area (Å²) in [6, 6.07) is 5.20. The third-order valence-corrected chi connectivity index (χ3v) is 5.54. The molecular formula is C18H14BrFN4O3. The van der Waals surface area contributed by atoms with Gasteiger partial charge in [-0.05, 0) is 36.1 Å². The number of aromatic nitrogens is 2. The van der Waals surface area contributed by atoms with E-state index in [1.807, 2.05) is 6.92 Å². The number of benzene rings is 1. The second-order valence-corrected chi connectivity index (χ2v) is 7.65. The maximum Gasteiger partial charge on any atom is 0.261 e. The molecule has 0 unspecified atom stereocenters. The van der Waals surface area contributed by atoms with E-state index in [9.17, 15) is 18.8 Å². The van der Waals surface area contributed by atoms with Crippen molar-refractivity contribution in [1.82, 2.24) is 14.9 Å². The summed E-state index contributed by atoms with van der Waals surface area (Å²) in [6.07, 6.45) is 2.45. The summed E-state index contributed by atoms with van der Waals surface area (Å²) < 4.78 is 13.7. The number of nitrogens with one attached hydrogen (secondary N) is 1. The lowest BCUT2D eigenvalue weighted by atomic mass is 9.84. The van der Waals surface area contributed by atoms with Gasteiger partial charge >= 0.3 is 0 Å². The average molecular weight is 433 g/mol. The molecule has 4 rings (SSSR count). The zero-order valence-electron chi connectivity index (χ0n) is 14.2. The first kappa shape index (κ1) is 17.7. The number of carbonyl (C=O) groups excluding carboxylic acids is 3. The van der Waals surface area contributed by atoms with Gasteiger partial charge in [0.1, 0.15) is 6.54 Å². The number of amides is 3. The van der Waals surface area contributed by atoms with E-state index in [2.05, 4.69) is 31.2 Å². The first-order valence-electron chi connectivity index (χ1n) is 8.26. The largest absolute Gasteiger partial charge is 0.293 e.